The lowest BCUT2D eigenvalue weighted by molar-refractivity contribution is -0.129. The van der Waals surface area contributed by atoms with Gasteiger partial charge in [0.05, 0.1) is 18.8 Å². The van der Waals surface area contributed by atoms with Gasteiger partial charge in [0.1, 0.15) is 6.10 Å². The van der Waals surface area contributed by atoms with Crippen molar-refractivity contribution in [1.82, 2.24) is 10.6 Å². The predicted molar refractivity (Wildman–Crippen MR) is 77.6 cm³/mol. The monoisotopic (exact) mass is 298 g/mol. The molecule has 1 heterocycles. The number of rotatable bonds is 6. The van der Waals surface area contributed by atoms with Crippen molar-refractivity contribution in [3.63, 3.8) is 0 Å². The summed E-state index contributed by atoms with van der Waals surface area (Å²) in [4.78, 5) is 22.8. The van der Waals surface area contributed by atoms with Crippen molar-refractivity contribution in [2.75, 3.05) is 13.2 Å². The highest BCUT2D eigenvalue weighted by Crippen LogP contribution is 2.26. The molecule has 0 unspecified atom stereocenters. The van der Waals surface area contributed by atoms with Gasteiger partial charge < -0.3 is 20.5 Å². The molecule has 3 atom stereocenters. The van der Waals surface area contributed by atoms with Gasteiger partial charge in [0, 0.05) is 19.4 Å². The highest BCUT2D eigenvalue weighted by Gasteiger charge is 2.31. The summed E-state index contributed by atoms with van der Waals surface area (Å²) in [5.74, 6) is 0.270. The second-order valence-electron chi connectivity index (χ2n) is 6.07. The Labute approximate surface area is 125 Å². The standard InChI is InChI=1S/C15H26N2O4/c1-10(19)17-13-6-5-12(21-14(13)9-18)7-8-16-15(20)11-3-2-4-11/h11-14,18H,2-9H2,1H3,(H,16,20)(H,17,19)/t12-,13-,14-/m0/s1. The van der Waals surface area contributed by atoms with E-state index in [2.05, 4.69) is 10.6 Å². The van der Waals surface area contributed by atoms with Crippen LogP contribution >= 0.6 is 0 Å². The summed E-state index contributed by atoms with van der Waals surface area (Å²) in [5, 5.41) is 15.1. The predicted octanol–water partition coefficient (Wildman–Crippen LogP) is 0.337. The molecule has 0 spiro atoms. The second kappa shape index (κ2) is 7.75. The first-order chi connectivity index (χ1) is 10.1. The largest absolute Gasteiger partial charge is 0.394 e. The molecule has 1 saturated carbocycles. The van der Waals surface area contributed by atoms with E-state index < -0.39 is 0 Å². The highest BCUT2D eigenvalue weighted by atomic mass is 16.5. The van der Waals surface area contributed by atoms with Crippen molar-refractivity contribution in [3.8, 4) is 0 Å². The Morgan fingerprint density at radius 3 is 2.57 bits per heavy atom. The molecule has 2 rings (SSSR count). The zero-order valence-electron chi connectivity index (χ0n) is 12.6. The summed E-state index contributed by atoms with van der Waals surface area (Å²) in [5.41, 5.74) is 0. The number of carbonyl (C=O) groups is 2. The number of amides is 2. The summed E-state index contributed by atoms with van der Waals surface area (Å²) < 4.78 is 5.82. The number of nitrogens with one attached hydrogen (secondary N) is 2. The first-order valence-corrected chi connectivity index (χ1v) is 7.91. The Balaban J connectivity index is 1.68. The van der Waals surface area contributed by atoms with Gasteiger partial charge in [-0.1, -0.05) is 6.42 Å². The molecule has 0 aromatic heterocycles. The average Bonchev–Trinajstić information content (AvgIpc) is 2.37. The van der Waals surface area contributed by atoms with Crippen LogP contribution in [-0.2, 0) is 14.3 Å². The smallest absolute Gasteiger partial charge is 0.223 e. The van der Waals surface area contributed by atoms with E-state index in [9.17, 15) is 14.7 Å². The molecule has 120 valence electrons. The fraction of sp³-hybridized carbons (Fsp3) is 0.867. The van der Waals surface area contributed by atoms with Gasteiger partial charge >= 0.3 is 0 Å². The van der Waals surface area contributed by atoms with Crippen LogP contribution in [0.4, 0.5) is 0 Å². The van der Waals surface area contributed by atoms with E-state index in [0.717, 1.165) is 38.5 Å². The molecule has 0 aromatic carbocycles. The van der Waals surface area contributed by atoms with Crippen molar-refractivity contribution in [2.24, 2.45) is 5.92 Å². The molecule has 1 saturated heterocycles. The molecule has 3 N–H and O–H groups in total. The minimum atomic E-state index is -0.352. The number of aliphatic hydroxyl groups is 1. The van der Waals surface area contributed by atoms with Gasteiger partial charge in [0.2, 0.25) is 11.8 Å². The number of carbonyl (C=O) groups excluding carboxylic acids is 2. The molecule has 2 amide bonds. The van der Waals surface area contributed by atoms with Crippen molar-refractivity contribution >= 4 is 11.8 Å². The van der Waals surface area contributed by atoms with Crippen LogP contribution in [0.15, 0.2) is 0 Å². The average molecular weight is 298 g/mol. The van der Waals surface area contributed by atoms with Crippen LogP contribution in [0.5, 0.6) is 0 Å². The number of hydrogen-bond acceptors (Lipinski definition) is 4. The quantitative estimate of drug-likeness (QED) is 0.660. The molecular weight excluding hydrogens is 272 g/mol. The molecule has 0 aromatic rings. The summed E-state index contributed by atoms with van der Waals surface area (Å²) in [6.45, 7) is 1.98. The number of aliphatic hydroxyl groups excluding tert-OH is 1. The third-order valence-electron chi connectivity index (χ3n) is 4.43. The molecule has 0 bridgehead atoms. The van der Waals surface area contributed by atoms with Gasteiger partial charge in [0.25, 0.3) is 0 Å². The third kappa shape index (κ3) is 4.68. The van der Waals surface area contributed by atoms with E-state index in [1.807, 2.05) is 0 Å². The zero-order valence-corrected chi connectivity index (χ0v) is 12.6. The van der Waals surface area contributed by atoms with Crippen LogP contribution in [0, 0.1) is 5.92 Å². The Kier molecular flexibility index (Phi) is 5.99. The van der Waals surface area contributed by atoms with Gasteiger partial charge in [0.15, 0.2) is 0 Å². The number of ether oxygens (including phenoxy) is 1. The SMILES string of the molecule is CC(=O)N[C@H]1CC[C@@H](CCNC(=O)C2CCC2)O[C@H]1CO. The van der Waals surface area contributed by atoms with Crippen molar-refractivity contribution < 1.29 is 19.4 Å². The van der Waals surface area contributed by atoms with E-state index in [1.165, 1.54) is 6.92 Å². The summed E-state index contributed by atoms with van der Waals surface area (Å²) in [6, 6.07) is -0.117. The lowest BCUT2D eigenvalue weighted by Gasteiger charge is -2.36. The fourth-order valence-electron chi connectivity index (χ4n) is 2.94. The normalized spacial score (nSPS) is 29.5. The molecule has 6 nitrogen and oxygen atoms in total. The van der Waals surface area contributed by atoms with E-state index >= 15 is 0 Å². The minimum absolute atomic E-state index is 0.0360. The van der Waals surface area contributed by atoms with E-state index in [1.54, 1.807) is 0 Å². The molecule has 1 aliphatic carbocycles. The maximum absolute atomic E-state index is 11.7. The first kappa shape index (κ1) is 16.2. The van der Waals surface area contributed by atoms with E-state index in [-0.39, 0.29) is 42.6 Å². The van der Waals surface area contributed by atoms with Crippen molar-refractivity contribution in [2.45, 2.75) is 63.7 Å². The lowest BCUT2D eigenvalue weighted by Crippen LogP contribution is -2.50. The molecular formula is C15H26N2O4. The van der Waals surface area contributed by atoms with Gasteiger partial charge in [-0.2, -0.15) is 0 Å². The highest BCUT2D eigenvalue weighted by molar-refractivity contribution is 5.79. The van der Waals surface area contributed by atoms with Crippen LogP contribution < -0.4 is 10.6 Å². The molecule has 6 heteroatoms. The third-order valence-corrected chi connectivity index (χ3v) is 4.43. The molecule has 1 aliphatic heterocycles. The Bertz CT molecular complexity index is 371. The molecule has 2 aliphatic rings. The molecule has 21 heavy (non-hydrogen) atoms. The molecule has 2 fully saturated rings. The van der Waals surface area contributed by atoms with E-state index in [4.69, 9.17) is 4.74 Å². The summed E-state index contributed by atoms with van der Waals surface area (Å²) in [6.07, 6.45) is 5.25. The van der Waals surface area contributed by atoms with Gasteiger partial charge in [-0.05, 0) is 32.1 Å². The number of hydrogen-bond donors (Lipinski definition) is 3. The summed E-state index contributed by atoms with van der Waals surface area (Å²) in [7, 11) is 0. The summed E-state index contributed by atoms with van der Waals surface area (Å²) >= 11 is 0. The fourth-order valence-corrected chi connectivity index (χ4v) is 2.94. The Hall–Kier alpha value is -1.14. The van der Waals surface area contributed by atoms with Gasteiger partial charge in [-0.15, -0.1) is 0 Å². The maximum Gasteiger partial charge on any atom is 0.223 e. The van der Waals surface area contributed by atoms with Crippen molar-refractivity contribution in [3.05, 3.63) is 0 Å². The van der Waals surface area contributed by atoms with Crippen LogP contribution in [0.25, 0.3) is 0 Å². The first-order valence-electron chi connectivity index (χ1n) is 7.91. The van der Waals surface area contributed by atoms with Crippen molar-refractivity contribution in [1.29, 1.82) is 0 Å². The molecule has 0 radical (unpaired) electrons. The minimum Gasteiger partial charge on any atom is -0.394 e. The van der Waals surface area contributed by atoms with Gasteiger partial charge in [-0.25, -0.2) is 0 Å². The topological polar surface area (TPSA) is 87.7 Å². The van der Waals surface area contributed by atoms with Gasteiger partial charge in [-0.3, -0.25) is 9.59 Å². The van der Waals surface area contributed by atoms with E-state index in [0.29, 0.717) is 6.54 Å². The Morgan fingerprint density at radius 2 is 2.00 bits per heavy atom. The zero-order chi connectivity index (χ0) is 15.2. The second-order valence-corrected chi connectivity index (χ2v) is 6.07. The maximum atomic E-state index is 11.7. The van der Waals surface area contributed by atoms with Crippen LogP contribution in [-0.4, -0.2) is 48.3 Å². The van der Waals surface area contributed by atoms with Crippen LogP contribution in [0.1, 0.15) is 45.4 Å². The Morgan fingerprint density at radius 1 is 1.24 bits per heavy atom. The van der Waals surface area contributed by atoms with Crippen LogP contribution in [0.2, 0.25) is 0 Å². The van der Waals surface area contributed by atoms with Crippen LogP contribution in [0.3, 0.4) is 0 Å². The lowest BCUT2D eigenvalue weighted by atomic mass is 9.85.